The van der Waals surface area contributed by atoms with Crippen molar-refractivity contribution in [2.75, 3.05) is 21.3 Å². The molecule has 2 rings (SSSR count). The molecule has 0 N–H and O–H groups in total. The summed E-state index contributed by atoms with van der Waals surface area (Å²) in [7, 11) is 5.03. The Morgan fingerprint density at radius 1 is 1.04 bits per heavy atom. The molecule has 4 heteroatoms. The summed E-state index contributed by atoms with van der Waals surface area (Å²) in [6.07, 6.45) is 0.280. The van der Waals surface area contributed by atoms with Crippen LogP contribution in [0.3, 0.4) is 0 Å². The molecule has 122 valence electrons. The van der Waals surface area contributed by atoms with Crippen LogP contribution in [-0.4, -0.2) is 32.1 Å². The Hall–Kier alpha value is -2.49. The first-order valence-corrected chi connectivity index (χ1v) is 7.54. The molecule has 4 nitrogen and oxygen atoms in total. The van der Waals surface area contributed by atoms with Gasteiger partial charge in [0.1, 0.15) is 11.5 Å². The summed E-state index contributed by atoms with van der Waals surface area (Å²) in [5, 5.41) is 0. The number of ether oxygens (including phenoxy) is 2. The second-order valence-corrected chi connectivity index (χ2v) is 5.59. The van der Waals surface area contributed by atoms with Crippen LogP contribution >= 0.6 is 0 Å². The van der Waals surface area contributed by atoms with Crippen molar-refractivity contribution >= 4 is 5.91 Å². The molecular weight excluding hydrogens is 290 g/mol. The summed E-state index contributed by atoms with van der Waals surface area (Å²) >= 11 is 0. The van der Waals surface area contributed by atoms with Gasteiger partial charge in [-0.1, -0.05) is 29.8 Å². The van der Waals surface area contributed by atoms with E-state index in [4.69, 9.17) is 9.47 Å². The van der Waals surface area contributed by atoms with E-state index in [1.165, 1.54) is 5.56 Å². The zero-order valence-electron chi connectivity index (χ0n) is 14.1. The van der Waals surface area contributed by atoms with Gasteiger partial charge >= 0.3 is 0 Å². The molecule has 0 bridgehead atoms. The Morgan fingerprint density at radius 2 is 1.74 bits per heavy atom. The van der Waals surface area contributed by atoms with Gasteiger partial charge in [0.25, 0.3) is 0 Å². The number of methoxy groups -OCH3 is 2. The van der Waals surface area contributed by atoms with Crippen molar-refractivity contribution < 1.29 is 14.3 Å². The predicted molar refractivity (Wildman–Crippen MR) is 90.9 cm³/mol. The van der Waals surface area contributed by atoms with Gasteiger partial charge in [-0.3, -0.25) is 4.79 Å². The van der Waals surface area contributed by atoms with E-state index in [2.05, 4.69) is 12.1 Å². The van der Waals surface area contributed by atoms with E-state index in [9.17, 15) is 4.79 Å². The third-order valence-corrected chi connectivity index (χ3v) is 3.80. The first-order valence-electron chi connectivity index (χ1n) is 7.54. The molecule has 0 saturated carbocycles. The van der Waals surface area contributed by atoms with Gasteiger partial charge in [0.2, 0.25) is 5.91 Å². The van der Waals surface area contributed by atoms with E-state index >= 15 is 0 Å². The molecule has 0 aromatic heterocycles. The van der Waals surface area contributed by atoms with Crippen LogP contribution in [0.5, 0.6) is 11.5 Å². The Balaban J connectivity index is 2.07. The molecule has 2 aromatic carbocycles. The molecule has 0 spiro atoms. The SMILES string of the molecule is COc1ccc(OC)c(CC(=O)N(C)Cc2ccc(C)cc2)c1. The van der Waals surface area contributed by atoms with Crippen LogP contribution in [0.4, 0.5) is 0 Å². The van der Waals surface area contributed by atoms with Gasteiger partial charge in [0, 0.05) is 19.2 Å². The number of rotatable bonds is 6. The van der Waals surface area contributed by atoms with Crippen LogP contribution < -0.4 is 9.47 Å². The third kappa shape index (κ3) is 4.49. The van der Waals surface area contributed by atoms with E-state index < -0.39 is 0 Å². The molecule has 23 heavy (non-hydrogen) atoms. The highest BCUT2D eigenvalue weighted by molar-refractivity contribution is 5.79. The van der Waals surface area contributed by atoms with Crippen molar-refractivity contribution in [1.82, 2.24) is 4.90 Å². The van der Waals surface area contributed by atoms with Crippen LogP contribution in [-0.2, 0) is 17.8 Å². The van der Waals surface area contributed by atoms with Crippen LogP contribution in [0.15, 0.2) is 42.5 Å². The van der Waals surface area contributed by atoms with Gasteiger partial charge in [-0.25, -0.2) is 0 Å². The van der Waals surface area contributed by atoms with Crippen molar-refractivity contribution in [3.63, 3.8) is 0 Å². The van der Waals surface area contributed by atoms with Gasteiger partial charge in [-0.15, -0.1) is 0 Å². The minimum Gasteiger partial charge on any atom is -0.497 e. The molecule has 0 saturated heterocycles. The summed E-state index contributed by atoms with van der Waals surface area (Å²) < 4.78 is 10.6. The number of hydrogen-bond donors (Lipinski definition) is 0. The Bertz CT molecular complexity index is 665. The molecule has 0 radical (unpaired) electrons. The molecule has 0 unspecified atom stereocenters. The number of benzene rings is 2. The molecule has 0 aliphatic carbocycles. The topological polar surface area (TPSA) is 38.8 Å². The van der Waals surface area contributed by atoms with Crippen molar-refractivity contribution in [3.8, 4) is 11.5 Å². The Kier molecular flexibility index (Phi) is 5.63. The number of nitrogens with zero attached hydrogens (tertiary/aromatic N) is 1. The first kappa shape index (κ1) is 16.9. The van der Waals surface area contributed by atoms with E-state index in [0.29, 0.717) is 12.3 Å². The molecule has 1 amide bonds. The lowest BCUT2D eigenvalue weighted by Crippen LogP contribution is -2.27. The molecule has 0 heterocycles. The normalized spacial score (nSPS) is 10.3. The number of hydrogen-bond acceptors (Lipinski definition) is 3. The van der Waals surface area contributed by atoms with Gasteiger partial charge < -0.3 is 14.4 Å². The zero-order valence-corrected chi connectivity index (χ0v) is 14.1. The highest BCUT2D eigenvalue weighted by Gasteiger charge is 2.14. The van der Waals surface area contributed by atoms with Crippen LogP contribution in [0.2, 0.25) is 0 Å². The van der Waals surface area contributed by atoms with E-state index in [-0.39, 0.29) is 12.3 Å². The van der Waals surface area contributed by atoms with Crippen molar-refractivity contribution in [2.45, 2.75) is 19.9 Å². The number of carbonyl (C=O) groups is 1. The largest absolute Gasteiger partial charge is 0.497 e. The standard InChI is InChI=1S/C19H23NO3/c1-14-5-7-15(8-6-14)13-20(2)19(21)12-16-11-17(22-3)9-10-18(16)23-4/h5-11H,12-13H2,1-4H3. The summed E-state index contributed by atoms with van der Waals surface area (Å²) in [4.78, 5) is 14.2. The lowest BCUT2D eigenvalue weighted by Gasteiger charge is -2.18. The van der Waals surface area contributed by atoms with Crippen LogP contribution in [0.25, 0.3) is 0 Å². The number of amides is 1. The summed E-state index contributed by atoms with van der Waals surface area (Å²) in [5.74, 6) is 1.45. The van der Waals surface area contributed by atoms with Crippen LogP contribution in [0.1, 0.15) is 16.7 Å². The summed E-state index contributed by atoms with van der Waals surface area (Å²) in [5.41, 5.74) is 3.15. The molecule has 0 atom stereocenters. The Labute approximate surface area is 137 Å². The van der Waals surface area contributed by atoms with E-state index in [1.54, 1.807) is 19.1 Å². The quantitative estimate of drug-likeness (QED) is 0.822. The number of carbonyl (C=O) groups excluding carboxylic acids is 1. The van der Waals surface area contributed by atoms with Gasteiger partial charge in [0.05, 0.1) is 20.6 Å². The fourth-order valence-electron chi connectivity index (χ4n) is 2.37. The number of aryl methyl sites for hydroxylation is 1. The Morgan fingerprint density at radius 3 is 2.35 bits per heavy atom. The summed E-state index contributed by atoms with van der Waals surface area (Å²) in [6.45, 7) is 2.64. The first-order chi connectivity index (χ1) is 11.0. The summed E-state index contributed by atoms with van der Waals surface area (Å²) in [6, 6.07) is 13.7. The highest BCUT2D eigenvalue weighted by atomic mass is 16.5. The fourth-order valence-corrected chi connectivity index (χ4v) is 2.37. The maximum atomic E-state index is 12.5. The van der Waals surface area contributed by atoms with Gasteiger partial charge in [0.15, 0.2) is 0 Å². The minimum atomic E-state index is 0.0390. The third-order valence-electron chi connectivity index (χ3n) is 3.80. The van der Waals surface area contributed by atoms with Crippen molar-refractivity contribution in [3.05, 3.63) is 59.2 Å². The monoisotopic (exact) mass is 313 g/mol. The molecule has 0 aliphatic heterocycles. The van der Waals surface area contributed by atoms with Crippen molar-refractivity contribution in [1.29, 1.82) is 0 Å². The van der Waals surface area contributed by atoms with Crippen molar-refractivity contribution in [2.24, 2.45) is 0 Å². The highest BCUT2D eigenvalue weighted by Crippen LogP contribution is 2.24. The van der Waals surface area contributed by atoms with Gasteiger partial charge in [-0.2, -0.15) is 0 Å². The maximum absolute atomic E-state index is 12.5. The molecular formula is C19H23NO3. The zero-order chi connectivity index (χ0) is 16.8. The van der Waals surface area contributed by atoms with Crippen LogP contribution in [0, 0.1) is 6.92 Å². The molecule has 0 aliphatic rings. The van der Waals surface area contributed by atoms with Gasteiger partial charge in [-0.05, 0) is 30.7 Å². The average molecular weight is 313 g/mol. The number of likely N-dealkylation sites (N-methyl/N-ethyl adjacent to an activating group) is 1. The lowest BCUT2D eigenvalue weighted by molar-refractivity contribution is -0.129. The molecule has 0 fully saturated rings. The minimum absolute atomic E-state index is 0.0390. The maximum Gasteiger partial charge on any atom is 0.227 e. The fraction of sp³-hybridized carbons (Fsp3) is 0.316. The average Bonchev–Trinajstić information content (AvgIpc) is 2.56. The second kappa shape index (κ2) is 7.68. The second-order valence-electron chi connectivity index (χ2n) is 5.59. The predicted octanol–water partition coefficient (Wildman–Crippen LogP) is 3.21. The smallest absolute Gasteiger partial charge is 0.227 e. The van der Waals surface area contributed by atoms with E-state index in [1.807, 2.05) is 44.3 Å². The lowest BCUT2D eigenvalue weighted by atomic mass is 10.1. The molecule has 2 aromatic rings. The van der Waals surface area contributed by atoms with E-state index in [0.717, 1.165) is 16.9 Å².